The van der Waals surface area contributed by atoms with Gasteiger partial charge in [0.15, 0.2) is 0 Å². The van der Waals surface area contributed by atoms with Crippen LogP contribution in [0.5, 0.6) is 5.75 Å². The Hall–Kier alpha value is -2.19. The van der Waals surface area contributed by atoms with Crippen molar-refractivity contribution in [3.63, 3.8) is 0 Å². The highest BCUT2D eigenvalue weighted by Crippen LogP contribution is 2.59. The molecule has 1 unspecified atom stereocenters. The first-order chi connectivity index (χ1) is 16.1. The largest absolute Gasteiger partial charge is 0.435 e. The molecule has 0 bridgehead atoms. The summed E-state index contributed by atoms with van der Waals surface area (Å²) in [7, 11) is -1.30. The molecule has 1 aliphatic heterocycles. The van der Waals surface area contributed by atoms with E-state index < -0.39 is 8.53 Å². The van der Waals surface area contributed by atoms with Crippen molar-refractivity contribution >= 4 is 8.53 Å². The van der Waals surface area contributed by atoms with Crippen LogP contribution in [0.4, 0.5) is 0 Å². The van der Waals surface area contributed by atoms with E-state index in [1.807, 2.05) is 0 Å². The molecule has 0 amide bonds. The minimum Gasteiger partial charge on any atom is -0.435 e. The van der Waals surface area contributed by atoms with Gasteiger partial charge in [-0.1, -0.05) is 120 Å². The summed E-state index contributed by atoms with van der Waals surface area (Å²) in [6.45, 7) is 16.6. The van der Waals surface area contributed by atoms with Gasteiger partial charge >= 0.3 is 8.53 Å². The van der Waals surface area contributed by atoms with E-state index in [4.69, 9.17) is 9.05 Å². The van der Waals surface area contributed by atoms with Gasteiger partial charge in [-0.05, 0) is 28.9 Å². The van der Waals surface area contributed by atoms with Crippen molar-refractivity contribution in [1.82, 2.24) is 4.67 Å². The molecule has 3 atom stereocenters. The lowest BCUT2D eigenvalue weighted by atomic mass is 9.80. The highest BCUT2D eigenvalue weighted by Gasteiger charge is 2.44. The Labute approximate surface area is 207 Å². The second-order valence-corrected chi connectivity index (χ2v) is 12.7. The van der Waals surface area contributed by atoms with E-state index in [9.17, 15) is 0 Å². The standard InChI is InChI=1S/C30H38NO2P/c1-22-27(24-17-12-9-13-18-24)32-34(31(22)21-23-15-10-8-11-16-23)33-28-25(29(2,3)4)19-14-20-26(28)30(5,6)7/h8-20,22,27H,21H2,1-7H3/t22-,27-,34?/m0/s1. The number of rotatable bonds is 5. The first-order valence-corrected chi connectivity index (χ1v) is 13.3. The van der Waals surface area contributed by atoms with Crippen molar-refractivity contribution in [1.29, 1.82) is 0 Å². The molecule has 4 rings (SSSR count). The van der Waals surface area contributed by atoms with Gasteiger partial charge in [-0.25, -0.2) is 4.67 Å². The molecule has 0 N–H and O–H groups in total. The summed E-state index contributed by atoms with van der Waals surface area (Å²) in [6, 6.07) is 27.9. The van der Waals surface area contributed by atoms with Gasteiger partial charge in [0.1, 0.15) is 11.9 Å². The van der Waals surface area contributed by atoms with Crippen LogP contribution in [0.25, 0.3) is 0 Å². The Bertz CT molecular complexity index is 1050. The summed E-state index contributed by atoms with van der Waals surface area (Å²) >= 11 is 0. The van der Waals surface area contributed by atoms with E-state index in [0.29, 0.717) is 0 Å². The predicted molar refractivity (Wildman–Crippen MR) is 143 cm³/mol. The van der Waals surface area contributed by atoms with Gasteiger partial charge in [-0.3, -0.25) is 0 Å². The number of hydrogen-bond donors (Lipinski definition) is 0. The Morgan fingerprint density at radius 1 is 0.765 bits per heavy atom. The maximum Gasteiger partial charge on any atom is 0.322 e. The first-order valence-electron chi connectivity index (χ1n) is 12.2. The van der Waals surface area contributed by atoms with Crippen LogP contribution in [0, 0.1) is 0 Å². The molecule has 3 aromatic rings. The monoisotopic (exact) mass is 475 g/mol. The lowest BCUT2D eigenvalue weighted by molar-refractivity contribution is 0.204. The van der Waals surface area contributed by atoms with Crippen LogP contribution in [0.3, 0.4) is 0 Å². The van der Waals surface area contributed by atoms with Crippen LogP contribution in [-0.2, 0) is 21.9 Å². The zero-order valence-electron chi connectivity index (χ0n) is 21.6. The third kappa shape index (κ3) is 5.38. The Morgan fingerprint density at radius 3 is 1.82 bits per heavy atom. The fourth-order valence-corrected chi connectivity index (χ4v) is 6.29. The highest BCUT2D eigenvalue weighted by molar-refractivity contribution is 7.45. The molecule has 1 fully saturated rings. The molecule has 0 saturated carbocycles. The number of nitrogens with zero attached hydrogens (tertiary/aromatic N) is 1. The van der Waals surface area contributed by atoms with Gasteiger partial charge in [-0.15, -0.1) is 0 Å². The maximum atomic E-state index is 6.97. The van der Waals surface area contributed by atoms with Crippen molar-refractivity contribution in [2.24, 2.45) is 0 Å². The Morgan fingerprint density at radius 2 is 1.29 bits per heavy atom. The van der Waals surface area contributed by atoms with E-state index in [2.05, 4.69) is 132 Å². The summed E-state index contributed by atoms with van der Waals surface area (Å²) in [5.41, 5.74) is 4.83. The molecule has 3 aromatic carbocycles. The average molecular weight is 476 g/mol. The molecule has 180 valence electrons. The van der Waals surface area contributed by atoms with E-state index in [1.165, 1.54) is 22.3 Å². The second kappa shape index (κ2) is 9.82. The SMILES string of the molecule is C[C@H]1[C@@H](c2ccccc2)OP(Oc2c(C(C)(C)C)cccc2C(C)(C)C)N1Cc1ccccc1. The number of hydrogen-bond acceptors (Lipinski definition) is 3. The fourth-order valence-electron chi connectivity index (χ4n) is 4.47. The lowest BCUT2D eigenvalue weighted by Gasteiger charge is -2.32. The molecule has 0 aliphatic carbocycles. The van der Waals surface area contributed by atoms with Gasteiger partial charge in [0.25, 0.3) is 0 Å². The van der Waals surface area contributed by atoms with Crippen LogP contribution in [0.15, 0.2) is 78.9 Å². The van der Waals surface area contributed by atoms with Gasteiger partial charge in [0.05, 0.1) is 0 Å². The quantitative estimate of drug-likeness (QED) is 0.345. The zero-order valence-corrected chi connectivity index (χ0v) is 22.5. The van der Waals surface area contributed by atoms with Crippen LogP contribution in [0.2, 0.25) is 0 Å². The minimum atomic E-state index is -1.30. The zero-order chi connectivity index (χ0) is 24.5. The van der Waals surface area contributed by atoms with Crippen LogP contribution < -0.4 is 4.52 Å². The van der Waals surface area contributed by atoms with Crippen molar-refractivity contribution in [3.05, 3.63) is 101 Å². The van der Waals surface area contributed by atoms with Gasteiger partial charge < -0.3 is 9.05 Å². The van der Waals surface area contributed by atoms with Crippen LogP contribution in [-0.4, -0.2) is 10.7 Å². The predicted octanol–water partition coefficient (Wildman–Crippen LogP) is 8.55. The molecule has 1 saturated heterocycles. The minimum absolute atomic E-state index is 0.0316. The molecular formula is C30H38NO2P. The molecule has 3 nitrogen and oxygen atoms in total. The smallest absolute Gasteiger partial charge is 0.322 e. The van der Waals surface area contributed by atoms with E-state index in [1.54, 1.807) is 0 Å². The van der Waals surface area contributed by atoms with E-state index >= 15 is 0 Å². The van der Waals surface area contributed by atoms with Crippen LogP contribution >= 0.6 is 8.53 Å². The third-order valence-electron chi connectivity index (χ3n) is 6.44. The molecule has 4 heteroatoms. The normalized spacial score (nSPS) is 21.6. The lowest BCUT2D eigenvalue weighted by Crippen LogP contribution is -2.27. The van der Waals surface area contributed by atoms with Crippen molar-refractivity contribution in [3.8, 4) is 5.75 Å². The highest BCUT2D eigenvalue weighted by atomic mass is 31.2. The average Bonchev–Trinajstić information content (AvgIpc) is 3.09. The molecular weight excluding hydrogens is 437 g/mol. The van der Waals surface area contributed by atoms with E-state index in [-0.39, 0.29) is 23.0 Å². The third-order valence-corrected chi connectivity index (χ3v) is 8.11. The molecule has 34 heavy (non-hydrogen) atoms. The topological polar surface area (TPSA) is 21.7 Å². The molecule has 1 heterocycles. The summed E-state index contributed by atoms with van der Waals surface area (Å²) in [4.78, 5) is 0. The summed E-state index contributed by atoms with van der Waals surface area (Å²) in [6.07, 6.45) is -0.0316. The Kier molecular flexibility index (Phi) is 7.20. The molecule has 0 radical (unpaired) electrons. The summed E-state index contributed by atoms with van der Waals surface area (Å²) in [5, 5.41) is 0. The number of benzene rings is 3. The van der Waals surface area contributed by atoms with Gasteiger partial charge in [-0.2, -0.15) is 0 Å². The summed E-state index contributed by atoms with van der Waals surface area (Å²) in [5.74, 6) is 0.979. The second-order valence-electron chi connectivity index (χ2n) is 11.3. The van der Waals surface area contributed by atoms with E-state index in [0.717, 1.165) is 12.3 Å². The molecule has 1 aliphatic rings. The van der Waals surface area contributed by atoms with Crippen molar-refractivity contribution in [2.75, 3.05) is 0 Å². The Balaban J connectivity index is 1.75. The van der Waals surface area contributed by atoms with Crippen molar-refractivity contribution < 1.29 is 9.05 Å². The fraction of sp³-hybridized carbons (Fsp3) is 0.400. The van der Waals surface area contributed by atoms with Crippen molar-refractivity contribution in [2.45, 2.75) is 78.0 Å². The molecule has 0 aromatic heterocycles. The maximum absolute atomic E-state index is 6.97. The summed E-state index contributed by atoms with van der Waals surface area (Å²) < 4.78 is 16.1. The van der Waals surface area contributed by atoms with Gasteiger partial charge in [0, 0.05) is 23.7 Å². The number of para-hydroxylation sites is 1. The van der Waals surface area contributed by atoms with Gasteiger partial charge in [0.2, 0.25) is 0 Å². The molecule has 0 spiro atoms. The first kappa shape index (κ1) is 24.9. The van der Waals surface area contributed by atoms with Crippen LogP contribution in [0.1, 0.15) is 76.8 Å².